The van der Waals surface area contributed by atoms with Gasteiger partial charge in [-0.3, -0.25) is 0 Å². The van der Waals surface area contributed by atoms with E-state index in [2.05, 4.69) is 70.3 Å². The van der Waals surface area contributed by atoms with Gasteiger partial charge in [0.2, 0.25) is 0 Å². The number of allylic oxidation sites excluding steroid dienone is 1. The fourth-order valence-electron chi connectivity index (χ4n) is 3.60. The third-order valence-electron chi connectivity index (χ3n) is 5.98. The minimum Gasteiger partial charge on any atom is -0.398 e. The van der Waals surface area contributed by atoms with E-state index in [1.165, 1.54) is 34.3 Å². The smallest absolute Gasteiger partial charge is 0.162 e. The first-order valence-corrected chi connectivity index (χ1v) is 15.4. The number of hydrogen-bond acceptors (Lipinski definition) is 4. The zero-order chi connectivity index (χ0) is 32.1. The lowest BCUT2D eigenvalue weighted by atomic mass is 9.99. The first-order chi connectivity index (χ1) is 19.4. The predicted molar refractivity (Wildman–Crippen MR) is 180 cm³/mol. The molecule has 0 aliphatic heterocycles. The van der Waals surface area contributed by atoms with Crippen molar-refractivity contribution in [3.05, 3.63) is 99.1 Å². The topological polar surface area (TPSA) is 64.9 Å². The molecular formula is C35H55F2N3S. The number of aryl methyl sites for hydroxylation is 5. The standard InChI is InChI=1S/C12H16F2.C9H12N2S.C9H12.C3H9N.C2H6/c1-3-5-6-9-7-8-11(13)12(14)10(9)4-2;1-5(2)8-7(4)11-12-9(8)6(3)10;1-7-4-5-8(2)9(3)6-7;1-2-3-4;1-2/h7-8H,3-6H2,1-2H3;1,3,10H2,2,4H3;4-6H,1-3H3;2-4H2,1H3;1-2H3. The summed E-state index contributed by atoms with van der Waals surface area (Å²) in [5, 5.41) is 0. The van der Waals surface area contributed by atoms with Crippen LogP contribution < -0.4 is 11.5 Å². The molecule has 0 spiro atoms. The summed E-state index contributed by atoms with van der Waals surface area (Å²) in [6.07, 6.45) is 4.60. The molecule has 4 N–H and O–H groups in total. The lowest BCUT2D eigenvalue weighted by Crippen LogP contribution is -1.99. The van der Waals surface area contributed by atoms with Crippen molar-refractivity contribution in [3.8, 4) is 0 Å². The molecule has 0 aliphatic carbocycles. The summed E-state index contributed by atoms with van der Waals surface area (Å²) in [4.78, 5) is 0.944. The van der Waals surface area contributed by atoms with Crippen molar-refractivity contribution >= 4 is 22.8 Å². The number of nitrogens with zero attached hydrogens (tertiary/aromatic N) is 1. The maximum atomic E-state index is 13.3. The van der Waals surface area contributed by atoms with E-state index in [4.69, 9.17) is 11.5 Å². The highest BCUT2D eigenvalue weighted by Gasteiger charge is 2.12. The number of aromatic nitrogens is 1. The molecule has 6 heteroatoms. The van der Waals surface area contributed by atoms with Crippen LogP contribution in [0, 0.1) is 39.3 Å². The van der Waals surface area contributed by atoms with Crippen molar-refractivity contribution in [2.24, 2.45) is 11.5 Å². The van der Waals surface area contributed by atoms with Crippen molar-refractivity contribution in [3.63, 3.8) is 0 Å². The van der Waals surface area contributed by atoms with Gasteiger partial charge in [0.15, 0.2) is 11.6 Å². The van der Waals surface area contributed by atoms with Crippen LogP contribution in [-0.4, -0.2) is 10.9 Å². The summed E-state index contributed by atoms with van der Waals surface area (Å²) in [6.45, 7) is 28.7. The Morgan fingerprint density at radius 2 is 1.51 bits per heavy atom. The monoisotopic (exact) mass is 587 g/mol. The summed E-state index contributed by atoms with van der Waals surface area (Å²) < 4.78 is 30.4. The zero-order valence-electron chi connectivity index (χ0n) is 27.3. The Labute approximate surface area is 254 Å². The van der Waals surface area contributed by atoms with Gasteiger partial charge < -0.3 is 11.5 Å². The Kier molecular flexibility index (Phi) is 22.4. The van der Waals surface area contributed by atoms with Crippen molar-refractivity contribution in [2.45, 2.75) is 101 Å². The molecule has 0 bridgehead atoms. The second kappa shape index (κ2) is 22.8. The van der Waals surface area contributed by atoms with Crippen molar-refractivity contribution in [1.82, 2.24) is 4.37 Å². The maximum absolute atomic E-state index is 13.3. The quantitative estimate of drug-likeness (QED) is 0.289. The highest BCUT2D eigenvalue weighted by Crippen LogP contribution is 2.27. The average Bonchev–Trinajstić information content (AvgIpc) is 3.35. The Morgan fingerprint density at radius 1 is 0.927 bits per heavy atom. The first-order valence-electron chi connectivity index (χ1n) is 14.6. The molecule has 0 atom stereocenters. The Bertz CT molecular complexity index is 1180. The van der Waals surface area contributed by atoms with E-state index < -0.39 is 11.6 Å². The fourth-order valence-corrected chi connectivity index (χ4v) is 4.45. The SMILES string of the molecule is C=C(N)c1snc(C)c1C(=C)C.CC.CCCCc1ccc(F)c(F)c1CC.CCCN.Cc1ccc(C)c(C)c1. The van der Waals surface area contributed by atoms with E-state index in [1.54, 1.807) is 6.07 Å². The normalized spacial score (nSPS) is 9.49. The second-order valence-corrected chi connectivity index (χ2v) is 10.4. The second-order valence-electron chi connectivity index (χ2n) is 9.61. The minimum absolute atomic E-state index is 0.540. The Balaban J connectivity index is 0. The summed E-state index contributed by atoms with van der Waals surface area (Å²) in [5.41, 5.74) is 19.8. The summed E-state index contributed by atoms with van der Waals surface area (Å²) in [6, 6.07) is 9.43. The van der Waals surface area contributed by atoms with Crippen molar-refractivity contribution in [2.75, 3.05) is 6.54 Å². The highest BCUT2D eigenvalue weighted by atomic mass is 32.1. The van der Waals surface area contributed by atoms with Gasteiger partial charge in [-0.15, -0.1) is 0 Å². The molecule has 2 aromatic carbocycles. The average molecular weight is 588 g/mol. The van der Waals surface area contributed by atoms with Crippen LogP contribution in [0.15, 0.2) is 43.5 Å². The van der Waals surface area contributed by atoms with Crippen molar-refractivity contribution in [1.29, 1.82) is 0 Å². The number of nitrogens with two attached hydrogens (primary N) is 2. The molecule has 0 amide bonds. The van der Waals surface area contributed by atoms with Crippen LogP contribution in [0.2, 0.25) is 0 Å². The molecule has 0 saturated heterocycles. The van der Waals surface area contributed by atoms with Gasteiger partial charge in [0.25, 0.3) is 0 Å². The minimum atomic E-state index is -0.734. The molecular weight excluding hydrogens is 532 g/mol. The predicted octanol–water partition coefficient (Wildman–Crippen LogP) is 10.3. The lowest BCUT2D eigenvalue weighted by molar-refractivity contribution is 0.497. The third kappa shape index (κ3) is 15.1. The van der Waals surface area contributed by atoms with E-state index in [9.17, 15) is 8.78 Å². The van der Waals surface area contributed by atoms with E-state index in [1.807, 2.05) is 34.6 Å². The molecule has 230 valence electrons. The molecule has 3 nitrogen and oxygen atoms in total. The molecule has 0 aliphatic rings. The van der Waals surface area contributed by atoms with Gasteiger partial charge in [0.05, 0.1) is 10.6 Å². The van der Waals surface area contributed by atoms with Crippen LogP contribution in [0.1, 0.15) is 105 Å². The van der Waals surface area contributed by atoms with Crippen LogP contribution in [0.25, 0.3) is 11.3 Å². The van der Waals surface area contributed by atoms with Gasteiger partial charge in [-0.2, -0.15) is 4.37 Å². The fraction of sp³-hybridized carbons (Fsp3) is 0.457. The molecule has 3 aromatic rings. The van der Waals surface area contributed by atoms with Crippen LogP contribution in [0.5, 0.6) is 0 Å². The maximum Gasteiger partial charge on any atom is 0.162 e. The number of hydrogen-bond donors (Lipinski definition) is 2. The number of rotatable bonds is 7. The largest absolute Gasteiger partial charge is 0.398 e. The van der Waals surface area contributed by atoms with Crippen LogP contribution in [0.4, 0.5) is 8.78 Å². The van der Waals surface area contributed by atoms with Gasteiger partial charge in [-0.25, -0.2) is 8.78 Å². The number of benzene rings is 2. The Morgan fingerprint density at radius 3 is 1.90 bits per heavy atom. The molecule has 41 heavy (non-hydrogen) atoms. The molecule has 1 heterocycles. The highest BCUT2D eigenvalue weighted by molar-refractivity contribution is 7.07. The lowest BCUT2D eigenvalue weighted by Gasteiger charge is -2.08. The van der Waals surface area contributed by atoms with Crippen LogP contribution in [0.3, 0.4) is 0 Å². The number of halogens is 2. The van der Waals surface area contributed by atoms with E-state index >= 15 is 0 Å². The van der Waals surface area contributed by atoms with E-state index in [0.717, 1.165) is 59.5 Å². The molecule has 1 aromatic heterocycles. The van der Waals surface area contributed by atoms with Gasteiger partial charge in [-0.05, 0) is 112 Å². The van der Waals surface area contributed by atoms with Crippen molar-refractivity contribution < 1.29 is 8.78 Å². The summed E-state index contributed by atoms with van der Waals surface area (Å²) in [5.74, 6) is -1.40. The molecule has 0 fully saturated rings. The summed E-state index contributed by atoms with van der Waals surface area (Å²) >= 11 is 1.38. The van der Waals surface area contributed by atoms with Crippen LogP contribution in [-0.2, 0) is 12.8 Å². The molecule has 3 rings (SSSR count). The van der Waals surface area contributed by atoms with Gasteiger partial charge in [0.1, 0.15) is 0 Å². The van der Waals surface area contributed by atoms with E-state index in [-0.39, 0.29) is 0 Å². The van der Waals surface area contributed by atoms with Gasteiger partial charge in [0, 0.05) is 11.3 Å². The number of unbranched alkanes of at least 4 members (excludes halogenated alkanes) is 1. The van der Waals surface area contributed by atoms with Crippen LogP contribution >= 0.6 is 11.5 Å². The van der Waals surface area contributed by atoms with Gasteiger partial charge in [-0.1, -0.05) is 84.0 Å². The molecule has 0 radical (unpaired) electrons. The Hall–Kier alpha value is -2.83. The van der Waals surface area contributed by atoms with Gasteiger partial charge >= 0.3 is 0 Å². The zero-order valence-corrected chi connectivity index (χ0v) is 28.1. The molecule has 0 saturated carbocycles. The van der Waals surface area contributed by atoms with E-state index in [0.29, 0.717) is 17.7 Å². The summed E-state index contributed by atoms with van der Waals surface area (Å²) in [7, 11) is 0. The molecule has 0 unspecified atom stereocenters. The first kappa shape index (κ1) is 40.3. The third-order valence-corrected chi connectivity index (χ3v) is 6.99.